The molecule has 1 rings (SSSR count). The Morgan fingerprint density at radius 2 is 2.19 bits per heavy atom. The van der Waals surface area contributed by atoms with Crippen LogP contribution in [0.5, 0.6) is 0 Å². The van der Waals surface area contributed by atoms with E-state index in [1.165, 1.54) is 0 Å². The molecule has 1 aromatic rings. The van der Waals surface area contributed by atoms with Crippen LogP contribution in [-0.4, -0.2) is 24.2 Å². The zero-order valence-corrected chi connectivity index (χ0v) is 9.56. The van der Waals surface area contributed by atoms with Crippen molar-refractivity contribution in [2.75, 3.05) is 7.11 Å². The molecule has 0 aliphatic carbocycles. The van der Waals surface area contributed by atoms with Crippen molar-refractivity contribution in [2.45, 2.75) is 26.1 Å². The highest BCUT2D eigenvalue weighted by atomic mass is 16.5. The van der Waals surface area contributed by atoms with Gasteiger partial charge in [0.2, 0.25) is 0 Å². The highest BCUT2D eigenvalue weighted by Gasteiger charge is 2.09. The third-order valence-electron chi connectivity index (χ3n) is 2.29. The topological polar surface area (TPSA) is 58.6 Å². The van der Waals surface area contributed by atoms with Crippen LogP contribution in [-0.2, 0) is 22.7 Å². The largest absolute Gasteiger partial charge is 0.480 e. The van der Waals surface area contributed by atoms with Crippen LogP contribution < -0.4 is 5.32 Å². The molecule has 0 fully saturated rings. The molecule has 1 atom stereocenters. The lowest BCUT2D eigenvalue weighted by atomic mass is 10.1. The quantitative estimate of drug-likeness (QED) is 0.765. The highest BCUT2D eigenvalue weighted by Crippen LogP contribution is 2.06. The van der Waals surface area contributed by atoms with Gasteiger partial charge < -0.3 is 15.2 Å². The Hall–Kier alpha value is -1.39. The number of hydrogen-bond donors (Lipinski definition) is 2. The fourth-order valence-electron chi connectivity index (χ4n) is 1.35. The molecule has 0 spiro atoms. The zero-order chi connectivity index (χ0) is 12.0. The van der Waals surface area contributed by atoms with Crippen molar-refractivity contribution < 1.29 is 14.6 Å². The molecule has 1 unspecified atom stereocenters. The maximum Gasteiger partial charge on any atom is 0.320 e. The summed E-state index contributed by atoms with van der Waals surface area (Å²) in [5, 5.41) is 11.6. The lowest BCUT2D eigenvalue weighted by Gasteiger charge is -2.09. The SMILES string of the molecule is COCc1cccc(CNC(C)C(=O)O)c1. The summed E-state index contributed by atoms with van der Waals surface area (Å²) >= 11 is 0. The standard InChI is InChI=1S/C12H17NO3/c1-9(12(14)15)13-7-10-4-3-5-11(6-10)8-16-2/h3-6,9,13H,7-8H2,1-2H3,(H,14,15). The number of ether oxygens (including phenoxy) is 1. The van der Waals surface area contributed by atoms with Gasteiger partial charge in [-0.05, 0) is 18.1 Å². The van der Waals surface area contributed by atoms with Crippen LogP contribution >= 0.6 is 0 Å². The van der Waals surface area contributed by atoms with Gasteiger partial charge in [0.15, 0.2) is 0 Å². The van der Waals surface area contributed by atoms with E-state index in [1.54, 1.807) is 14.0 Å². The smallest absolute Gasteiger partial charge is 0.320 e. The number of rotatable bonds is 6. The molecule has 0 saturated carbocycles. The van der Waals surface area contributed by atoms with E-state index in [0.29, 0.717) is 13.2 Å². The third-order valence-corrected chi connectivity index (χ3v) is 2.29. The van der Waals surface area contributed by atoms with E-state index in [9.17, 15) is 4.79 Å². The second-order valence-electron chi connectivity index (χ2n) is 3.69. The van der Waals surface area contributed by atoms with Gasteiger partial charge in [0, 0.05) is 13.7 Å². The maximum absolute atomic E-state index is 10.6. The second kappa shape index (κ2) is 6.25. The summed E-state index contributed by atoms with van der Waals surface area (Å²) < 4.78 is 5.03. The minimum atomic E-state index is -0.840. The van der Waals surface area contributed by atoms with Crippen molar-refractivity contribution in [3.8, 4) is 0 Å². The minimum absolute atomic E-state index is 0.536. The molecule has 4 nitrogen and oxygen atoms in total. The van der Waals surface area contributed by atoms with Gasteiger partial charge in [0.05, 0.1) is 6.61 Å². The van der Waals surface area contributed by atoms with Gasteiger partial charge in [-0.1, -0.05) is 24.3 Å². The first kappa shape index (κ1) is 12.7. The van der Waals surface area contributed by atoms with Crippen LogP contribution in [0, 0.1) is 0 Å². The molecule has 0 radical (unpaired) electrons. The van der Waals surface area contributed by atoms with Crippen molar-refractivity contribution in [2.24, 2.45) is 0 Å². The number of carbonyl (C=O) groups is 1. The van der Waals surface area contributed by atoms with E-state index in [2.05, 4.69) is 5.32 Å². The van der Waals surface area contributed by atoms with E-state index in [0.717, 1.165) is 11.1 Å². The Kier molecular flexibility index (Phi) is 4.95. The number of nitrogens with one attached hydrogen (secondary N) is 1. The molecule has 88 valence electrons. The van der Waals surface area contributed by atoms with Crippen molar-refractivity contribution in [1.29, 1.82) is 0 Å². The number of carboxylic acid groups (broad SMARTS) is 1. The van der Waals surface area contributed by atoms with Crippen molar-refractivity contribution in [3.63, 3.8) is 0 Å². The summed E-state index contributed by atoms with van der Waals surface area (Å²) in [7, 11) is 1.65. The first-order valence-corrected chi connectivity index (χ1v) is 5.16. The summed E-state index contributed by atoms with van der Waals surface area (Å²) in [4.78, 5) is 10.6. The molecular formula is C12H17NO3. The molecule has 0 amide bonds. The molecule has 0 aromatic heterocycles. The van der Waals surface area contributed by atoms with Gasteiger partial charge in [-0.15, -0.1) is 0 Å². The average molecular weight is 223 g/mol. The summed E-state index contributed by atoms with van der Waals surface area (Å²) in [6, 6.07) is 7.35. The normalized spacial score (nSPS) is 12.4. The molecule has 2 N–H and O–H groups in total. The number of methoxy groups -OCH3 is 1. The van der Waals surface area contributed by atoms with Crippen LogP contribution in [0.3, 0.4) is 0 Å². The van der Waals surface area contributed by atoms with Gasteiger partial charge in [-0.2, -0.15) is 0 Å². The summed E-state index contributed by atoms with van der Waals surface area (Å²) in [5.74, 6) is -0.840. The molecule has 0 heterocycles. The third kappa shape index (κ3) is 4.00. The molecule has 0 aliphatic rings. The fraction of sp³-hybridized carbons (Fsp3) is 0.417. The van der Waals surface area contributed by atoms with Gasteiger partial charge in [-0.25, -0.2) is 0 Å². The van der Waals surface area contributed by atoms with E-state index >= 15 is 0 Å². The monoisotopic (exact) mass is 223 g/mol. The van der Waals surface area contributed by atoms with Gasteiger partial charge in [0.25, 0.3) is 0 Å². The maximum atomic E-state index is 10.6. The average Bonchev–Trinajstić information content (AvgIpc) is 2.26. The van der Waals surface area contributed by atoms with Crippen molar-refractivity contribution in [1.82, 2.24) is 5.32 Å². The lowest BCUT2D eigenvalue weighted by Crippen LogP contribution is -2.33. The van der Waals surface area contributed by atoms with Gasteiger partial charge >= 0.3 is 5.97 Å². The highest BCUT2D eigenvalue weighted by molar-refractivity contribution is 5.72. The Balaban J connectivity index is 2.53. The predicted octanol–water partition coefficient (Wildman–Crippen LogP) is 1.40. The van der Waals surface area contributed by atoms with E-state index in [4.69, 9.17) is 9.84 Å². The molecule has 4 heteroatoms. The molecule has 16 heavy (non-hydrogen) atoms. The van der Waals surface area contributed by atoms with E-state index in [1.807, 2.05) is 24.3 Å². The van der Waals surface area contributed by atoms with Crippen LogP contribution in [0.2, 0.25) is 0 Å². The summed E-state index contributed by atoms with van der Waals surface area (Å²) in [6.07, 6.45) is 0. The number of carboxylic acids is 1. The summed E-state index contributed by atoms with van der Waals surface area (Å²) in [5.41, 5.74) is 2.15. The Morgan fingerprint density at radius 3 is 2.81 bits per heavy atom. The molecule has 0 bridgehead atoms. The molecule has 0 aliphatic heterocycles. The van der Waals surface area contributed by atoms with Gasteiger partial charge in [-0.3, -0.25) is 4.79 Å². The van der Waals surface area contributed by atoms with Crippen LogP contribution in [0.15, 0.2) is 24.3 Å². The Morgan fingerprint density at radius 1 is 1.50 bits per heavy atom. The lowest BCUT2D eigenvalue weighted by molar-refractivity contribution is -0.139. The number of hydrogen-bond acceptors (Lipinski definition) is 3. The number of benzene rings is 1. The minimum Gasteiger partial charge on any atom is -0.480 e. The van der Waals surface area contributed by atoms with Crippen LogP contribution in [0.1, 0.15) is 18.1 Å². The van der Waals surface area contributed by atoms with E-state index in [-0.39, 0.29) is 0 Å². The predicted molar refractivity (Wildman–Crippen MR) is 61.1 cm³/mol. The molecule has 1 aromatic carbocycles. The Bertz CT molecular complexity index is 352. The second-order valence-corrected chi connectivity index (χ2v) is 3.69. The van der Waals surface area contributed by atoms with Crippen molar-refractivity contribution in [3.05, 3.63) is 35.4 Å². The first-order valence-electron chi connectivity index (χ1n) is 5.16. The molecular weight excluding hydrogens is 206 g/mol. The number of aliphatic carboxylic acids is 1. The van der Waals surface area contributed by atoms with E-state index < -0.39 is 12.0 Å². The summed E-state index contributed by atoms with van der Waals surface area (Å²) in [6.45, 7) is 2.74. The fourth-order valence-corrected chi connectivity index (χ4v) is 1.35. The molecule has 0 saturated heterocycles. The van der Waals surface area contributed by atoms with Crippen molar-refractivity contribution >= 4 is 5.97 Å². The Labute approximate surface area is 95.2 Å². The van der Waals surface area contributed by atoms with Crippen LogP contribution in [0.25, 0.3) is 0 Å². The van der Waals surface area contributed by atoms with Gasteiger partial charge in [0.1, 0.15) is 6.04 Å². The van der Waals surface area contributed by atoms with Crippen LogP contribution in [0.4, 0.5) is 0 Å². The first-order chi connectivity index (χ1) is 7.63. The zero-order valence-electron chi connectivity index (χ0n) is 9.56.